The van der Waals surface area contributed by atoms with Gasteiger partial charge >= 0.3 is 0 Å². The average Bonchev–Trinajstić information content (AvgIpc) is 2.63. The third-order valence-corrected chi connectivity index (χ3v) is 4.42. The lowest BCUT2D eigenvalue weighted by Crippen LogP contribution is -2.53. The van der Waals surface area contributed by atoms with Crippen molar-refractivity contribution in [2.75, 3.05) is 69.7 Å². The van der Waals surface area contributed by atoms with Crippen LogP contribution in [-0.2, 0) is 9.53 Å². The van der Waals surface area contributed by atoms with Crippen LogP contribution >= 0.6 is 0 Å². The number of amides is 1. The zero-order valence-corrected chi connectivity index (χ0v) is 15.2. The quantitative estimate of drug-likeness (QED) is 0.831. The van der Waals surface area contributed by atoms with Gasteiger partial charge in [0.2, 0.25) is 5.91 Å². The van der Waals surface area contributed by atoms with Gasteiger partial charge in [0.1, 0.15) is 5.82 Å². The fourth-order valence-corrected chi connectivity index (χ4v) is 3.02. The number of nitrogens with two attached hydrogens (primary N) is 1. The van der Waals surface area contributed by atoms with Crippen LogP contribution in [0.15, 0.2) is 18.2 Å². The summed E-state index contributed by atoms with van der Waals surface area (Å²) in [7, 11) is 0. The van der Waals surface area contributed by atoms with Crippen LogP contribution in [0.2, 0.25) is 0 Å². The number of nitrogens with zero attached hydrogens (tertiary/aromatic N) is 3. The van der Waals surface area contributed by atoms with Crippen LogP contribution in [0.3, 0.4) is 0 Å². The van der Waals surface area contributed by atoms with E-state index in [1.54, 1.807) is 17.0 Å². The van der Waals surface area contributed by atoms with E-state index in [1.165, 1.54) is 6.07 Å². The molecule has 0 radical (unpaired) electrons. The van der Waals surface area contributed by atoms with Gasteiger partial charge in [-0.15, -0.1) is 0 Å². The van der Waals surface area contributed by atoms with Crippen molar-refractivity contribution in [3.63, 3.8) is 0 Å². The van der Waals surface area contributed by atoms with E-state index < -0.39 is 0 Å². The van der Waals surface area contributed by atoms with E-state index in [9.17, 15) is 9.18 Å². The minimum Gasteiger partial charge on any atom is -0.399 e. The number of rotatable bonds is 4. The summed E-state index contributed by atoms with van der Waals surface area (Å²) in [6.45, 7) is 10.4. The molecule has 0 unspecified atom stereocenters. The lowest BCUT2D eigenvalue weighted by molar-refractivity contribution is -0.131. The zero-order chi connectivity index (χ0) is 18.2. The number of piperazine rings is 1. The van der Waals surface area contributed by atoms with Gasteiger partial charge < -0.3 is 20.3 Å². The highest BCUT2D eigenvalue weighted by molar-refractivity contribution is 5.83. The zero-order valence-electron chi connectivity index (χ0n) is 15.2. The molecule has 2 N–H and O–H groups in total. The SMILES string of the molecule is CC.Nc1ccc(N2CCN(CCN3CCOCC3)C(=O)C2)c(F)c1. The molecule has 140 valence electrons. The van der Waals surface area contributed by atoms with Gasteiger partial charge in [-0.05, 0) is 18.2 Å². The van der Waals surface area contributed by atoms with E-state index in [1.807, 2.05) is 18.7 Å². The average molecular weight is 352 g/mol. The number of halogens is 1. The fourth-order valence-electron chi connectivity index (χ4n) is 3.02. The normalized spacial score (nSPS) is 18.8. The Morgan fingerprint density at radius 2 is 1.84 bits per heavy atom. The lowest BCUT2D eigenvalue weighted by atomic mass is 10.2. The third kappa shape index (κ3) is 5.31. The maximum absolute atomic E-state index is 14.0. The first-order chi connectivity index (χ1) is 12.1. The number of carbonyl (C=O) groups excluding carboxylic acids is 1. The molecule has 2 saturated heterocycles. The Balaban J connectivity index is 0.00000109. The molecule has 2 aliphatic heterocycles. The van der Waals surface area contributed by atoms with E-state index >= 15 is 0 Å². The molecule has 2 fully saturated rings. The predicted molar refractivity (Wildman–Crippen MR) is 98.2 cm³/mol. The van der Waals surface area contributed by atoms with Gasteiger partial charge in [-0.1, -0.05) is 13.8 Å². The molecule has 7 heteroatoms. The summed E-state index contributed by atoms with van der Waals surface area (Å²) >= 11 is 0. The lowest BCUT2D eigenvalue weighted by Gasteiger charge is -2.37. The van der Waals surface area contributed by atoms with Crippen LogP contribution in [0.1, 0.15) is 13.8 Å². The van der Waals surface area contributed by atoms with Crippen molar-refractivity contribution in [3.8, 4) is 0 Å². The van der Waals surface area contributed by atoms with Crippen molar-refractivity contribution in [1.82, 2.24) is 9.80 Å². The number of ether oxygens (including phenoxy) is 1. The Morgan fingerprint density at radius 1 is 1.12 bits per heavy atom. The minimum absolute atomic E-state index is 0.0423. The second-order valence-electron chi connectivity index (χ2n) is 5.97. The van der Waals surface area contributed by atoms with Gasteiger partial charge in [0.05, 0.1) is 25.4 Å². The molecular formula is C18H29FN4O2. The summed E-state index contributed by atoms with van der Waals surface area (Å²) in [4.78, 5) is 18.3. The second kappa shape index (κ2) is 9.58. The number of morpholine rings is 1. The van der Waals surface area contributed by atoms with E-state index in [0.717, 1.165) is 39.4 Å². The number of benzene rings is 1. The number of carbonyl (C=O) groups is 1. The highest BCUT2D eigenvalue weighted by atomic mass is 19.1. The molecule has 0 saturated carbocycles. The smallest absolute Gasteiger partial charge is 0.242 e. The monoisotopic (exact) mass is 352 g/mol. The van der Waals surface area contributed by atoms with Crippen LogP contribution in [0, 0.1) is 5.82 Å². The second-order valence-corrected chi connectivity index (χ2v) is 5.97. The van der Waals surface area contributed by atoms with E-state index in [2.05, 4.69) is 4.90 Å². The van der Waals surface area contributed by atoms with Gasteiger partial charge in [0.25, 0.3) is 0 Å². The van der Waals surface area contributed by atoms with Crippen molar-refractivity contribution in [2.24, 2.45) is 0 Å². The van der Waals surface area contributed by atoms with Crippen molar-refractivity contribution in [3.05, 3.63) is 24.0 Å². The maximum atomic E-state index is 14.0. The molecule has 1 amide bonds. The van der Waals surface area contributed by atoms with Crippen LogP contribution in [0.5, 0.6) is 0 Å². The topological polar surface area (TPSA) is 62.0 Å². The Bertz CT molecular complexity index is 564. The maximum Gasteiger partial charge on any atom is 0.242 e. The summed E-state index contributed by atoms with van der Waals surface area (Å²) < 4.78 is 19.3. The van der Waals surface area contributed by atoms with Gasteiger partial charge in [0.15, 0.2) is 0 Å². The summed E-state index contributed by atoms with van der Waals surface area (Å²) in [5, 5.41) is 0. The molecule has 1 aromatic rings. The predicted octanol–water partition coefficient (Wildman–Crippen LogP) is 1.41. The van der Waals surface area contributed by atoms with E-state index in [0.29, 0.717) is 24.5 Å². The molecule has 1 aromatic carbocycles. The molecule has 0 spiro atoms. The first kappa shape index (κ1) is 19.5. The van der Waals surface area contributed by atoms with Gasteiger partial charge in [-0.2, -0.15) is 0 Å². The molecule has 2 aliphatic rings. The van der Waals surface area contributed by atoms with Crippen LogP contribution in [-0.4, -0.2) is 74.7 Å². The van der Waals surface area contributed by atoms with Crippen molar-refractivity contribution in [2.45, 2.75) is 13.8 Å². The van der Waals surface area contributed by atoms with Gasteiger partial charge in [-0.3, -0.25) is 9.69 Å². The summed E-state index contributed by atoms with van der Waals surface area (Å²) in [6, 6.07) is 4.60. The summed E-state index contributed by atoms with van der Waals surface area (Å²) in [5.41, 5.74) is 6.40. The molecular weight excluding hydrogens is 323 g/mol. The van der Waals surface area contributed by atoms with Crippen LogP contribution in [0.25, 0.3) is 0 Å². The molecule has 6 nitrogen and oxygen atoms in total. The number of anilines is 2. The number of hydrogen-bond acceptors (Lipinski definition) is 5. The minimum atomic E-state index is -0.375. The first-order valence-corrected chi connectivity index (χ1v) is 9.01. The van der Waals surface area contributed by atoms with E-state index in [4.69, 9.17) is 10.5 Å². The van der Waals surface area contributed by atoms with Gasteiger partial charge in [0, 0.05) is 45.0 Å². The Kier molecular flexibility index (Phi) is 7.46. The van der Waals surface area contributed by atoms with E-state index in [-0.39, 0.29) is 18.3 Å². The number of nitrogen functional groups attached to an aromatic ring is 1. The van der Waals surface area contributed by atoms with Crippen LogP contribution in [0.4, 0.5) is 15.8 Å². The van der Waals surface area contributed by atoms with Crippen molar-refractivity contribution < 1.29 is 13.9 Å². The third-order valence-electron chi connectivity index (χ3n) is 4.42. The summed E-state index contributed by atoms with van der Waals surface area (Å²) in [6.07, 6.45) is 0. The Hall–Kier alpha value is -1.86. The van der Waals surface area contributed by atoms with Gasteiger partial charge in [-0.25, -0.2) is 4.39 Å². The highest BCUT2D eigenvalue weighted by Crippen LogP contribution is 2.23. The molecule has 0 atom stereocenters. The van der Waals surface area contributed by atoms with Crippen molar-refractivity contribution >= 4 is 17.3 Å². The Labute approximate surface area is 149 Å². The summed E-state index contributed by atoms with van der Waals surface area (Å²) in [5.74, 6) is -0.333. The largest absolute Gasteiger partial charge is 0.399 e. The molecule has 0 aromatic heterocycles. The van der Waals surface area contributed by atoms with Crippen LogP contribution < -0.4 is 10.6 Å². The Morgan fingerprint density at radius 3 is 2.48 bits per heavy atom. The highest BCUT2D eigenvalue weighted by Gasteiger charge is 2.26. The standard InChI is InChI=1S/C16H23FN4O2.C2H6/c17-14-11-13(18)1-2-15(14)21-6-5-20(16(22)12-21)4-3-19-7-9-23-10-8-19;1-2/h1-2,11H,3-10,12,18H2;1-2H3. The molecule has 0 bridgehead atoms. The fraction of sp³-hybridized carbons (Fsp3) is 0.611. The molecule has 3 rings (SSSR count). The molecule has 2 heterocycles. The molecule has 25 heavy (non-hydrogen) atoms. The molecule has 0 aliphatic carbocycles. The van der Waals surface area contributed by atoms with Crippen molar-refractivity contribution in [1.29, 1.82) is 0 Å². The first-order valence-electron chi connectivity index (χ1n) is 9.01. The number of hydrogen-bond donors (Lipinski definition) is 1.